The van der Waals surface area contributed by atoms with Crippen molar-refractivity contribution in [1.29, 1.82) is 0 Å². The minimum absolute atomic E-state index is 0.720. The molecule has 1 saturated carbocycles. The number of nitrogens with one attached hydrogen (secondary N) is 1. The maximum absolute atomic E-state index is 5.77. The van der Waals surface area contributed by atoms with Gasteiger partial charge in [0.2, 0.25) is 0 Å². The zero-order valence-corrected chi connectivity index (χ0v) is 11.0. The van der Waals surface area contributed by atoms with Crippen molar-refractivity contribution in [2.24, 2.45) is 0 Å². The standard InChI is InChI=1S/C13H21NOS/c1-3-10(2)16-9-13-7-6-12(15-13)8-14-11-4-5-11/h6-7,10-11,14H,3-5,8-9H2,1-2H3. The Labute approximate surface area is 102 Å². The summed E-state index contributed by atoms with van der Waals surface area (Å²) in [4.78, 5) is 0. The first kappa shape index (κ1) is 12.1. The molecule has 1 fully saturated rings. The summed E-state index contributed by atoms with van der Waals surface area (Å²) < 4.78 is 5.77. The van der Waals surface area contributed by atoms with E-state index in [0.29, 0.717) is 0 Å². The second-order valence-electron chi connectivity index (χ2n) is 4.55. The highest BCUT2D eigenvalue weighted by Gasteiger charge is 2.20. The van der Waals surface area contributed by atoms with Gasteiger partial charge in [0, 0.05) is 11.3 Å². The van der Waals surface area contributed by atoms with E-state index in [4.69, 9.17) is 4.42 Å². The molecule has 0 spiro atoms. The van der Waals surface area contributed by atoms with Crippen LogP contribution >= 0.6 is 11.8 Å². The normalized spacial score (nSPS) is 17.6. The first-order valence-corrected chi connectivity index (χ1v) is 7.25. The van der Waals surface area contributed by atoms with Crippen LogP contribution in [-0.4, -0.2) is 11.3 Å². The summed E-state index contributed by atoms with van der Waals surface area (Å²) in [6.45, 7) is 5.38. The van der Waals surface area contributed by atoms with Gasteiger partial charge in [0.25, 0.3) is 0 Å². The lowest BCUT2D eigenvalue weighted by atomic mass is 10.4. The summed E-state index contributed by atoms with van der Waals surface area (Å²) in [6, 6.07) is 4.96. The van der Waals surface area contributed by atoms with Crippen LogP contribution in [0.15, 0.2) is 16.5 Å². The predicted octanol–water partition coefficient (Wildman–Crippen LogP) is 3.56. The van der Waals surface area contributed by atoms with Gasteiger partial charge in [-0.25, -0.2) is 0 Å². The largest absolute Gasteiger partial charge is 0.464 e. The number of furan rings is 1. The maximum atomic E-state index is 5.77. The third-order valence-electron chi connectivity index (χ3n) is 2.94. The lowest BCUT2D eigenvalue weighted by Gasteiger charge is -2.05. The SMILES string of the molecule is CCC(C)SCc1ccc(CNC2CC2)o1. The topological polar surface area (TPSA) is 25.2 Å². The van der Waals surface area contributed by atoms with Crippen LogP contribution in [0.2, 0.25) is 0 Å². The fourth-order valence-electron chi connectivity index (χ4n) is 1.47. The lowest BCUT2D eigenvalue weighted by molar-refractivity contribution is 0.458. The molecule has 16 heavy (non-hydrogen) atoms. The number of rotatable bonds is 7. The lowest BCUT2D eigenvalue weighted by Crippen LogP contribution is -2.14. The number of hydrogen-bond acceptors (Lipinski definition) is 3. The Balaban J connectivity index is 1.72. The van der Waals surface area contributed by atoms with Gasteiger partial charge in [0.15, 0.2) is 0 Å². The van der Waals surface area contributed by atoms with E-state index >= 15 is 0 Å². The van der Waals surface area contributed by atoms with Gasteiger partial charge < -0.3 is 9.73 Å². The van der Waals surface area contributed by atoms with Crippen LogP contribution in [0.5, 0.6) is 0 Å². The highest BCUT2D eigenvalue weighted by atomic mass is 32.2. The monoisotopic (exact) mass is 239 g/mol. The first-order chi connectivity index (χ1) is 7.78. The summed E-state index contributed by atoms with van der Waals surface area (Å²) in [6.07, 6.45) is 3.89. The summed E-state index contributed by atoms with van der Waals surface area (Å²) >= 11 is 1.97. The average molecular weight is 239 g/mol. The molecular formula is C13H21NOS. The number of thioether (sulfide) groups is 1. The molecule has 2 nitrogen and oxygen atoms in total. The second kappa shape index (κ2) is 5.78. The molecule has 0 radical (unpaired) electrons. The third-order valence-corrected chi connectivity index (χ3v) is 4.30. The quantitative estimate of drug-likeness (QED) is 0.787. The number of hydrogen-bond donors (Lipinski definition) is 1. The molecule has 1 aromatic rings. The third kappa shape index (κ3) is 3.87. The zero-order chi connectivity index (χ0) is 11.4. The molecule has 1 unspecified atom stereocenters. The van der Waals surface area contributed by atoms with E-state index in [9.17, 15) is 0 Å². The zero-order valence-electron chi connectivity index (χ0n) is 10.2. The molecule has 1 aliphatic rings. The van der Waals surface area contributed by atoms with E-state index in [1.165, 1.54) is 19.3 Å². The first-order valence-electron chi connectivity index (χ1n) is 6.20. The van der Waals surface area contributed by atoms with E-state index in [1.54, 1.807) is 0 Å². The summed E-state index contributed by atoms with van der Waals surface area (Å²) in [7, 11) is 0. The Morgan fingerprint density at radius 3 is 2.88 bits per heavy atom. The van der Waals surface area contributed by atoms with Crippen molar-refractivity contribution in [1.82, 2.24) is 5.32 Å². The molecule has 1 heterocycles. The summed E-state index contributed by atoms with van der Waals surface area (Å²) in [5, 5.41) is 4.18. The van der Waals surface area contributed by atoms with Gasteiger partial charge in [-0.1, -0.05) is 13.8 Å². The Hall–Kier alpha value is -0.410. The van der Waals surface area contributed by atoms with Crippen LogP contribution in [0.1, 0.15) is 44.6 Å². The molecule has 0 saturated heterocycles. The Morgan fingerprint density at radius 1 is 1.44 bits per heavy atom. The highest BCUT2D eigenvalue weighted by molar-refractivity contribution is 7.99. The minimum atomic E-state index is 0.720. The van der Waals surface area contributed by atoms with Crippen LogP contribution in [0.4, 0.5) is 0 Å². The molecule has 1 aliphatic carbocycles. The Bertz CT molecular complexity index is 319. The van der Waals surface area contributed by atoms with Gasteiger partial charge in [-0.05, 0) is 31.4 Å². The highest BCUT2D eigenvalue weighted by Crippen LogP contribution is 2.22. The maximum Gasteiger partial charge on any atom is 0.118 e. The van der Waals surface area contributed by atoms with Crippen molar-refractivity contribution in [3.8, 4) is 0 Å². The van der Waals surface area contributed by atoms with Crippen LogP contribution in [-0.2, 0) is 12.3 Å². The minimum Gasteiger partial charge on any atom is -0.464 e. The van der Waals surface area contributed by atoms with Crippen molar-refractivity contribution in [2.45, 2.75) is 56.7 Å². The molecule has 0 bridgehead atoms. The van der Waals surface area contributed by atoms with Crippen molar-refractivity contribution in [3.05, 3.63) is 23.7 Å². The van der Waals surface area contributed by atoms with E-state index < -0.39 is 0 Å². The molecule has 1 N–H and O–H groups in total. The van der Waals surface area contributed by atoms with Crippen molar-refractivity contribution >= 4 is 11.8 Å². The molecule has 1 atom stereocenters. The fourth-order valence-corrected chi connectivity index (χ4v) is 2.31. The molecular weight excluding hydrogens is 218 g/mol. The van der Waals surface area contributed by atoms with Gasteiger partial charge in [-0.2, -0.15) is 11.8 Å². The van der Waals surface area contributed by atoms with Gasteiger partial charge in [-0.15, -0.1) is 0 Å². The van der Waals surface area contributed by atoms with E-state index in [-0.39, 0.29) is 0 Å². The predicted molar refractivity (Wildman–Crippen MR) is 69.6 cm³/mol. The van der Waals surface area contributed by atoms with Crippen molar-refractivity contribution < 1.29 is 4.42 Å². The van der Waals surface area contributed by atoms with Gasteiger partial charge in [0.1, 0.15) is 11.5 Å². The van der Waals surface area contributed by atoms with Crippen molar-refractivity contribution in [2.75, 3.05) is 0 Å². The van der Waals surface area contributed by atoms with Gasteiger partial charge in [-0.3, -0.25) is 0 Å². The molecule has 2 rings (SSSR count). The van der Waals surface area contributed by atoms with Crippen LogP contribution in [0, 0.1) is 0 Å². The van der Waals surface area contributed by atoms with Gasteiger partial charge in [0.05, 0.1) is 12.3 Å². The van der Waals surface area contributed by atoms with Crippen LogP contribution in [0.3, 0.4) is 0 Å². The Kier molecular flexibility index (Phi) is 4.36. The smallest absolute Gasteiger partial charge is 0.118 e. The molecule has 1 aromatic heterocycles. The molecule has 0 amide bonds. The Morgan fingerprint density at radius 2 is 2.19 bits per heavy atom. The molecule has 3 heteroatoms. The molecule has 0 aromatic carbocycles. The van der Waals surface area contributed by atoms with Crippen molar-refractivity contribution in [3.63, 3.8) is 0 Å². The van der Waals surface area contributed by atoms with E-state index in [2.05, 4.69) is 31.3 Å². The molecule has 0 aliphatic heterocycles. The van der Waals surface area contributed by atoms with Crippen LogP contribution in [0.25, 0.3) is 0 Å². The summed E-state index contributed by atoms with van der Waals surface area (Å²) in [5.74, 6) is 3.18. The van der Waals surface area contributed by atoms with E-state index in [1.807, 2.05) is 11.8 Å². The van der Waals surface area contributed by atoms with Gasteiger partial charge >= 0.3 is 0 Å². The fraction of sp³-hybridized carbons (Fsp3) is 0.692. The average Bonchev–Trinajstić information content (AvgIpc) is 3.02. The second-order valence-corrected chi connectivity index (χ2v) is 5.98. The van der Waals surface area contributed by atoms with E-state index in [0.717, 1.165) is 35.1 Å². The van der Waals surface area contributed by atoms with Crippen LogP contribution < -0.4 is 5.32 Å². The molecule has 90 valence electrons. The summed E-state index contributed by atoms with van der Waals surface area (Å²) in [5.41, 5.74) is 0.